The molecule has 0 saturated heterocycles. The Morgan fingerprint density at radius 3 is 2.46 bits per heavy atom. The number of aromatic nitrogens is 1. The maximum Gasteiger partial charge on any atom is 0.534 e. The zero-order valence-electron chi connectivity index (χ0n) is 14.2. The van der Waals surface area contributed by atoms with Crippen LogP contribution in [0.15, 0.2) is 18.3 Å². The number of esters is 1. The minimum Gasteiger partial charge on any atom is -0.464 e. The van der Waals surface area contributed by atoms with Crippen LogP contribution in [0.2, 0.25) is 0 Å². The van der Waals surface area contributed by atoms with Crippen molar-refractivity contribution in [2.75, 3.05) is 12.8 Å². The minimum atomic E-state index is -5.99. The quantitative estimate of drug-likeness (QED) is 0.280. The monoisotopic (exact) mass is 529 g/mol. The summed E-state index contributed by atoms with van der Waals surface area (Å²) in [6.45, 7) is 1.52. The lowest BCUT2D eigenvalue weighted by atomic mass is 10.2. The number of halogens is 4. The second-order valence-electron chi connectivity index (χ2n) is 5.33. The summed E-state index contributed by atoms with van der Waals surface area (Å²) in [5, 5.41) is 9.15. The molecule has 0 amide bonds. The van der Waals surface area contributed by atoms with E-state index in [1.807, 2.05) is 22.6 Å². The molecule has 1 aromatic heterocycles. The van der Waals surface area contributed by atoms with E-state index < -0.39 is 27.3 Å². The zero-order chi connectivity index (χ0) is 21.4. The van der Waals surface area contributed by atoms with Crippen LogP contribution in [0.25, 0.3) is 5.69 Å². The lowest BCUT2D eigenvalue weighted by Gasteiger charge is -2.16. The Balaban J connectivity index is 2.83. The van der Waals surface area contributed by atoms with Crippen LogP contribution < -0.4 is 9.92 Å². The lowest BCUT2D eigenvalue weighted by molar-refractivity contribution is -0.0500. The van der Waals surface area contributed by atoms with E-state index in [1.54, 1.807) is 6.07 Å². The molecule has 2 N–H and O–H groups in total. The number of ether oxygens (including phenoxy) is 1. The van der Waals surface area contributed by atoms with Crippen molar-refractivity contribution < 1.29 is 35.3 Å². The SMILES string of the molecule is COC(=O)c1c(N)c(C#N)cn1-c1cc(I)c(C)cc1OS(=O)(=O)C(F)(F)F. The van der Waals surface area contributed by atoms with E-state index in [0.29, 0.717) is 9.13 Å². The van der Waals surface area contributed by atoms with Crippen LogP contribution in [0.1, 0.15) is 21.6 Å². The van der Waals surface area contributed by atoms with E-state index in [9.17, 15) is 26.4 Å². The third kappa shape index (κ3) is 3.87. The molecule has 0 spiro atoms. The van der Waals surface area contributed by atoms with Crippen molar-refractivity contribution in [2.45, 2.75) is 12.4 Å². The van der Waals surface area contributed by atoms with E-state index in [0.717, 1.165) is 23.9 Å². The van der Waals surface area contributed by atoms with Crippen LogP contribution in [0, 0.1) is 21.8 Å². The fourth-order valence-corrected chi connectivity index (χ4v) is 3.08. The van der Waals surface area contributed by atoms with Gasteiger partial charge in [-0.15, -0.1) is 0 Å². The standard InChI is InChI=1S/C15H11F3IN3O5S/c1-7-3-11(27-28(24,25)15(16,17)18)10(4-9(7)19)22-6-8(5-20)12(21)13(22)14(23)26-2/h3-4,6H,21H2,1-2H3. The molecule has 1 aromatic carbocycles. The Morgan fingerprint density at radius 2 is 1.96 bits per heavy atom. The molecule has 0 bridgehead atoms. The average molecular weight is 529 g/mol. The largest absolute Gasteiger partial charge is 0.534 e. The van der Waals surface area contributed by atoms with Gasteiger partial charge in [0.1, 0.15) is 6.07 Å². The number of alkyl halides is 3. The third-order valence-electron chi connectivity index (χ3n) is 3.53. The molecule has 8 nitrogen and oxygen atoms in total. The van der Waals surface area contributed by atoms with Gasteiger partial charge >= 0.3 is 21.6 Å². The molecule has 2 rings (SSSR count). The average Bonchev–Trinajstić information content (AvgIpc) is 2.92. The van der Waals surface area contributed by atoms with Crippen LogP contribution in [0.4, 0.5) is 18.9 Å². The summed E-state index contributed by atoms with van der Waals surface area (Å²) < 4.78 is 71.6. The number of hydrogen-bond donors (Lipinski definition) is 1. The summed E-state index contributed by atoms with van der Waals surface area (Å²) in [5.41, 5.74) is -0.565. The molecule has 0 unspecified atom stereocenters. The predicted molar refractivity (Wildman–Crippen MR) is 99.3 cm³/mol. The maximum absolute atomic E-state index is 12.8. The van der Waals surface area contributed by atoms with Gasteiger partial charge in [0.25, 0.3) is 0 Å². The number of rotatable bonds is 4. The van der Waals surface area contributed by atoms with Crippen LogP contribution in [-0.4, -0.2) is 31.6 Å². The Bertz CT molecular complexity index is 1100. The van der Waals surface area contributed by atoms with Crippen LogP contribution in [0.5, 0.6) is 5.75 Å². The summed E-state index contributed by atoms with van der Waals surface area (Å²) in [7, 11) is -4.95. The molecule has 0 aliphatic rings. The van der Waals surface area contributed by atoms with Crippen LogP contribution in [-0.2, 0) is 14.9 Å². The number of carbonyl (C=O) groups is 1. The number of methoxy groups -OCH3 is 1. The Hall–Kier alpha value is -2.47. The van der Waals surface area contributed by atoms with Crippen LogP contribution in [0.3, 0.4) is 0 Å². The number of carbonyl (C=O) groups excluding carboxylic acids is 1. The molecule has 0 fully saturated rings. The van der Waals surface area contributed by atoms with Gasteiger partial charge in [-0.1, -0.05) is 0 Å². The highest BCUT2D eigenvalue weighted by Gasteiger charge is 2.49. The van der Waals surface area contributed by atoms with Gasteiger partial charge in [0.15, 0.2) is 11.4 Å². The maximum atomic E-state index is 12.8. The smallest absolute Gasteiger partial charge is 0.464 e. The van der Waals surface area contributed by atoms with Crippen LogP contribution >= 0.6 is 22.6 Å². The van der Waals surface area contributed by atoms with Gasteiger partial charge in [-0.2, -0.15) is 26.9 Å². The fourth-order valence-electron chi connectivity index (χ4n) is 2.17. The summed E-state index contributed by atoms with van der Waals surface area (Å²) >= 11 is 1.86. The number of nitriles is 1. The van der Waals surface area contributed by atoms with Crippen molar-refractivity contribution in [1.82, 2.24) is 4.57 Å². The van der Waals surface area contributed by atoms with Crippen molar-refractivity contribution in [3.05, 3.63) is 38.7 Å². The highest BCUT2D eigenvalue weighted by atomic mass is 127. The Kier molecular flexibility index (Phi) is 5.85. The molecule has 0 aliphatic heterocycles. The zero-order valence-corrected chi connectivity index (χ0v) is 17.1. The number of aryl methyl sites for hydroxylation is 1. The molecule has 0 radical (unpaired) electrons. The van der Waals surface area contributed by atoms with Gasteiger partial charge in [0.2, 0.25) is 0 Å². The molecule has 2 aromatic rings. The number of hydrogen-bond acceptors (Lipinski definition) is 7. The van der Waals surface area contributed by atoms with E-state index in [4.69, 9.17) is 11.0 Å². The summed E-state index contributed by atoms with van der Waals surface area (Å²) in [5.74, 6) is -1.70. The number of nitrogens with zero attached hydrogens (tertiary/aromatic N) is 2. The highest BCUT2D eigenvalue weighted by Crippen LogP contribution is 2.36. The summed E-state index contributed by atoms with van der Waals surface area (Å²) in [6, 6.07) is 4.07. The van der Waals surface area contributed by atoms with Gasteiger partial charge < -0.3 is 19.2 Å². The molecule has 0 saturated carbocycles. The van der Waals surface area contributed by atoms with Gasteiger partial charge in [0, 0.05) is 9.77 Å². The first-order chi connectivity index (χ1) is 12.8. The van der Waals surface area contributed by atoms with Crippen molar-refractivity contribution in [3.8, 4) is 17.5 Å². The van der Waals surface area contributed by atoms with Gasteiger partial charge in [-0.05, 0) is 47.2 Å². The first-order valence-corrected chi connectivity index (χ1v) is 9.63. The number of nitrogens with two attached hydrogens (primary N) is 1. The van der Waals surface area contributed by atoms with E-state index >= 15 is 0 Å². The van der Waals surface area contributed by atoms with Crippen molar-refractivity contribution in [3.63, 3.8) is 0 Å². The molecular formula is C15H11F3IN3O5S. The molecule has 13 heteroatoms. The number of nitrogen functional groups attached to an aromatic ring is 1. The molecule has 0 atom stereocenters. The third-order valence-corrected chi connectivity index (χ3v) is 5.65. The number of anilines is 1. The van der Waals surface area contributed by atoms with E-state index in [-0.39, 0.29) is 22.6 Å². The molecule has 0 aliphatic carbocycles. The molecule has 28 heavy (non-hydrogen) atoms. The second kappa shape index (κ2) is 7.51. The van der Waals surface area contributed by atoms with Gasteiger partial charge in [-0.25, -0.2) is 4.79 Å². The minimum absolute atomic E-state index is 0.166. The van der Waals surface area contributed by atoms with Crippen molar-refractivity contribution >= 4 is 44.4 Å². The lowest BCUT2D eigenvalue weighted by Crippen LogP contribution is -2.28. The van der Waals surface area contributed by atoms with E-state index in [2.05, 4.69) is 8.92 Å². The summed E-state index contributed by atoms with van der Waals surface area (Å²) in [6.07, 6.45) is 1.06. The van der Waals surface area contributed by atoms with Gasteiger partial charge in [0.05, 0.1) is 24.0 Å². The first kappa shape index (κ1) is 21.8. The summed E-state index contributed by atoms with van der Waals surface area (Å²) in [4.78, 5) is 12.1. The highest BCUT2D eigenvalue weighted by molar-refractivity contribution is 14.1. The molecular weight excluding hydrogens is 518 g/mol. The molecule has 150 valence electrons. The second-order valence-corrected chi connectivity index (χ2v) is 8.03. The van der Waals surface area contributed by atoms with Crippen molar-refractivity contribution in [1.29, 1.82) is 5.26 Å². The first-order valence-electron chi connectivity index (χ1n) is 7.14. The Morgan fingerprint density at radius 1 is 1.36 bits per heavy atom. The normalized spacial score (nSPS) is 11.8. The predicted octanol–water partition coefficient (Wildman–Crippen LogP) is 2.86. The molecule has 1 heterocycles. The van der Waals surface area contributed by atoms with Crippen molar-refractivity contribution in [2.24, 2.45) is 0 Å². The fraction of sp³-hybridized carbons (Fsp3) is 0.200. The topological polar surface area (TPSA) is 124 Å². The number of benzene rings is 1. The Labute approximate surface area is 170 Å². The van der Waals surface area contributed by atoms with Gasteiger partial charge in [-0.3, -0.25) is 0 Å². The van der Waals surface area contributed by atoms with E-state index in [1.165, 1.54) is 13.0 Å².